The number of thiazole rings is 1. The molecule has 130 valence electrons. The van der Waals surface area contributed by atoms with Crippen molar-refractivity contribution in [2.75, 3.05) is 4.90 Å². The average molecular weight is 387 g/mol. The standard InChI is InChI=1S/C23H15ClN2S/c24-22-14-16(15-23-25-19-11-5-7-13-21(19)27-23)18-10-4-6-12-20(18)26(22)17-8-2-1-3-9-17/h1-15H/b16-15+. The highest BCUT2D eigenvalue weighted by atomic mass is 35.5. The van der Waals surface area contributed by atoms with Crippen LogP contribution in [0.4, 0.5) is 11.4 Å². The number of fused-ring (bicyclic) bond motifs is 2. The van der Waals surface area contributed by atoms with Crippen LogP contribution in [0.3, 0.4) is 0 Å². The maximum Gasteiger partial charge on any atom is 0.117 e. The first kappa shape index (κ1) is 16.3. The molecule has 0 aliphatic carbocycles. The lowest BCUT2D eigenvalue weighted by Gasteiger charge is -2.30. The van der Waals surface area contributed by atoms with Gasteiger partial charge in [0, 0.05) is 11.3 Å². The van der Waals surface area contributed by atoms with E-state index in [1.165, 1.54) is 4.70 Å². The molecule has 4 heteroatoms. The molecule has 0 saturated carbocycles. The van der Waals surface area contributed by atoms with Crippen LogP contribution in [0.5, 0.6) is 0 Å². The van der Waals surface area contributed by atoms with Gasteiger partial charge in [0.25, 0.3) is 0 Å². The van der Waals surface area contributed by atoms with Crippen LogP contribution in [-0.2, 0) is 0 Å². The van der Waals surface area contributed by atoms with Gasteiger partial charge in [-0.2, -0.15) is 0 Å². The lowest BCUT2D eigenvalue weighted by molar-refractivity contribution is 1.23. The number of hydrogen-bond acceptors (Lipinski definition) is 3. The molecule has 0 unspecified atom stereocenters. The van der Waals surface area contributed by atoms with E-state index in [2.05, 4.69) is 47.4 Å². The SMILES string of the molecule is ClC1=C/C(=C\c2nc3ccccc3s2)c2ccccc2N1c1ccccc1. The fourth-order valence-corrected chi connectivity index (χ4v) is 4.57. The third-order valence-electron chi connectivity index (χ3n) is 4.55. The number of allylic oxidation sites excluding steroid dienone is 2. The largest absolute Gasteiger partial charge is 0.300 e. The van der Waals surface area contributed by atoms with Crippen LogP contribution in [-0.4, -0.2) is 4.98 Å². The summed E-state index contributed by atoms with van der Waals surface area (Å²) in [5.41, 5.74) is 5.36. The number of benzene rings is 3. The normalized spacial score (nSPS) is 15.1. The number of nitrogens with zero attached hydrogens (tertiary/aromatic N) is 2. The molecule has 0 atom stereocenters. The number of anilines is 2. The second kappa shape index (κ2) is 6.69. The van der Waals surface area contributed by atoms with Crippen LogP contribution >= 0.6 is 22.9 Å². The van der Waals surface area contributed by atoms with Gasteiger partial charge in [0.05, 0.1) is 15.9 Å². The highest BCUT2D eigenvalue weighted by molar-refractivity contribution is 7.19. The molecule has 0 N–H and O–H groups in total. The molecule has 1 aliphatic heterocycles. The maximum absolute atomic E-state index is 6.71. The van der Waals surface area contributed by atoms with Crippen molar-refractivity contribution in [2.24, 2.45) is 0 Å². The molecule has 2 heterocycles. The zero-order valence-electron chi connectivity index (χ0n) is 14.3. The van der Waals surface area contributed by atoms with E-state index < -0.39 is 0 Å². The van der Waals surface area contributed by atoms with E-state index in [0.717, 1.165) is 33.0 Å². The van der Waals surface area contributed by atoms with E-state index in [0.29, 0.717) is 5.16 Å². The minimum absolute atomic E-state index is 0.673. The molecule has 1 aromatic heterocycles. The Morgan fingerprint density at radius 2 is 1.59 bits per heavy atom. The van der Waals surface area contributed by atoms with Crippen molar-refractivity contribution in [1.82, 2.24) is 4.98 Å². The molecule has 27 heavy (non-hydrogen) atoms. The van der Waals surface area contributed by atoms with E-state index in [-0.39, 0.29) is 0 Å². The van der Waals surface area contributed by atoms with Gasteiger partial charge in [0.15, 0.2) is 0 Å². The predicted molar refractivity (Wildman–Crippen MR) is 116 cm³/mol. The summed E-state index contributed by atoms with van der Waals surface area (Å²) in [6.45, 7) is 0. The summed E-state index contributed by atoms with van der Waals surface area (Å²) >= 11 is 8.40. The lowest BCUT2D eigenvalue weighted by Crippen LogP contribution is -2.17. The average Bonchev–Trinajstić information content (AvgIpc) is 3.11. The predicted octanol–water partition coefficient (Wildman–Crippen LogP) is 7.07. The number of para-hydroxylation sites is 3. The first-order valence-corrected chi connectivity index (χ1v) is 9.88. The number of halogens is 1. The van der Waals surface area contributed by atoms with Crippen LogP contribution < -0.4 is 4.90 Å². The van der Waals surface area contributed by atoms with E-state index in [1.54, 1.807) is 11.3 Å². The van der Waals surface area contributed by atoms with Gasteiger partial charge in [-0.15, -0.1) is 11.3 Å². The highest BCUT2D eigenvalue weighted by Crippen LogP contribution is 2.42. The molecule has 0 spiro atoms. The molecular weight excluding hydrogens is 372 g/mol. The summed E-state index contributed by atoms with van der Waals surface area (Å²) < 4.78 is 1.19. The van der Waals surface area contributed by atoms with Gasteiger partial charge in [0.1, 0.15) is 10.2 Å². The van der Waals surface area contributed by atoms with Gasteiger partial charge in [-0.1, -0.05) is 60.1 Å². The minimum atomic E-state index is 0.673. The van der Waals surface area contributed by atoms with E-state index in [4.69, 9.17) is 16.6 Å². The maximum atomic E-state index is 6.71. The summed E-state index contributed by atoms with van der Waals surface area (Å²) in [6, 6.07) is 26.7. The number of rotatable bonds is 2. The molecule has 0 amide bonds. The second-order valence-electron chi connectivity index (χ2n) is 6.27. The van der Waals surface area contributed by atoms with Crippen molar-refractivity contribution in [3.8, 4) is 0 Å². The van der Waals surface area contributed by atoms with Crippen molar-refractivity contribution >= 4 is 56.2 Å². The van der Waals surface area contributed by atoms with Gasteiger partial charge in [0.2, 0.25) is 0 Å². The number of hydrogen-bond donors (Lipinski definition) is 0. The molecule has 3 aromatic carbocycles. The summed E-state index contributed by atoms with van der Waals surface area (Å²) in [5, 5.41) is 1.65. The van der Waals surface area contributed by atoms with Crippen molar-refractivity contribution < 1.29 is 0 Å². The number of aromatic nitrogens is 1. The topological polar surface area (TPSA) is 16.1 Å². The minimum Gasteiger partial charge on any atom is -0.300 e. The van der Waals surface area contributed by atoms with Crippen molar-refractivity contribution in [3.63, 3.8) is 0 Å². The van der Waals surface area contributed by atoms with Gasteiger partial charge >= 0.3 is 0 Å². The molecular formula is C23H15ClN2S. The van der Waals surface area contributed by atoms with Gasteiger partial charge < -0.3 is 4.90 Å². The first-order valence-electron chi connectivity index (χ1n) is 8.69. The Bertz CT molecular complexity index is 1160. The van der Waals surface area contributed by atoms with Crippen molar-refractivity contribution in [1.29, 1.82) is 0 Å². The molecule has 4 aromatic rings. The Balaban J connectivity index is 1.65. The Hall–Kier alpha value is -2.88. The van der Waals surface area contributed by atoms with Gasteiger partial charge in [-0.3, -0.25) is 0 Å². The molecule has 2 nitrogen and oxygen atoms in total. The van der Waals surface area contributed by atoms with Crippen LogP contribution in [0.2, 0.25) is 0 Å². The third kappa shape index (κ3) is 2.95. The van der Waals surface area contributed by atoms with E-state index in [1.807, 2.05) is 48.5 Å². The Morgan fingerprint density at radius 3 is 2.44 bits per heavy atom. The smallest absolute Gasteiger partial charge is 0.117 e. The zero-order valence-corrected chi connectivity index (χ0v) is 15.9. The fourth-order valence-electron chi connectivity index (χ4n) is 3.34. The summed E-state index contributed by atoms with van der Waals surface area (Å²) in [6.07, 6.45) is 4.14. The van der Waals surface area contributed by atoms with Crippen molar-refractivity contribution in [2.45, 2.75) is 0 Å². The molecule has 1 aliphatic rings. The molecule has 0 fully saturated rings. The molecule has 0 bridgehead atoms. The Labute approximate surface area is 166 Å². The van der Waals surface area contributed by atoms with Crippen LogP contribution in [0.1, 0.15) is 10.6 Å². The lowest BCUT2D eigenvalue weighted by atomic mass is 9.99. The first-order chi connectivity index (χ1) is 13.3. The second-order valence-corrected chi connectivity index (χ2v) is 7.72. The summed E-state index contributed by atoms with van der Waals surface area (Å²) in [7, 11) is 0. The molecule has 0 saturated heterocycles. The molecule has 5 rings (SSSR count). The third-order valence-corrected chi connectivity index (χ3v) is 5.81. The Morgan fingerprint density at radius 1 is 0.852 bits per heavy atom. The zero-order chi connectivity index (χ0) is 18.2. The van der Waals surface area contributed by atoms with Crippen LogP contribution in [0.15, 0.2) is 90.1 Å². The summed E-state index contributed by atoms with van der Waals surface area (Å²) in [5.74, 6) is 0. The summed E-state index contributed by atoms with van der Waals surface area (Å²) in [4.78, 5) is 6.81. The quantitative estimate of drug-likeness (QED) is 0.342. The van der Waals surface area contributed by atoms with Gasteiger partial charge in [-0.25, -0.2) is 4.98 Å². The fraction of sp³-hybridized carbons (Fsp3) is 0. The van der Waals surface area contributed by atoms with Crippen LogP contribution in [0, 0.1) is 0 Å². The Kier molecular flexibility index (Phi) is 4.04. The van der Waals surface area contributed by atoms with Crippen molar-refractivity contribution in [3.05, 3.63) is 101 Å². The van der Waals surface area contributed by atoms with E-state index >= 15 is 0 Å². The van der Waals surface area contributed by atoms with Crippen LogP contribution in [0.25, 0.3) is 21.9 Å². The monoisotopic (exact) mass is 386 g/mol. The van der Waals surface area contributed by atoms with E-state index in [9.17, 15) is 0 Å². The van der Waals surface area contributed by atoms with Gasteiger partial charge in [-0.05, 0) is 48.1 Å². The molecule has 0 radical (unpaired) electrons. The highest BCUT2D eigenvalue weighted by Gasteiger charge is 2.22.